The van der Waals surface area contributed by atoms with Crippen LogP contribution in [0.3, 0.4) is 0 Å². The zero-order valence-corrected chi connectivity index (χ0v) is 13.8. The molecule has 0 aliphatic heterocycles. The van der Waals surface area contributed by atoms with Crippen LogP contribution in [0.15, 0.2) is 42.5 Å². The average Bonchev–Trinajstić information content (AvgIpc) is 2.46. The second-order valence-electron chi connectivity index (χ2n) is 4.33. The molecule has 6 heteroatoms. The molecule has 0 aromatic heterocycles. The van der Waals surface area contributed by atoms with Crippen LogP contribution < -0.4 is 10.1 Å². The summed E-state index contributed by atoms with van der Waals surface area (Å²) < 4.78 is 5.16. The zero-order valence-electron chi connectivity index (χ0n) is 11.6. The molecule has 0 heterocycles. The van der Waals surface area contributed by atoms with E-state index in [-0.39, 0.29) is 5.91 Å². The fourth-order valence-corrected chi connectivity index (χ4v) is 2.40. The van der Waals surface area contributed by atoms with Crippen molar-refractivity contribution in [3.63, 3.8) is 0 Å². The highest BCUT2D eigenvalue weighted by atomic mass is 35.5. The molecule has 2 rings (SSSR count). The van der Waals surface area contributed by atoms with Gasteiger partial charge in [-0.05, 0) is 42.0 Å². The molecule has 22 heavy (non-hydrogen) atoms. The first-order chi connectivity index (χ1) is 10.5. The van der Waals surface area contributed by atoms with Crippen molar-refractivity contribution in [2.75, 3.05) is 12.4 Å². The smallest absolute Gasteiger partial charge is 0.248 e. The molecule has 3 nitrogen and oxygen atoms in total. The summed E-state index contributed by atoms with van der Waals surface area (Å²) in [4.78, 5) is 12.0. The van der Waals surface area contributed by atoms with Crippen molar-refractivity contribution in [1.29, 1.82) is 0 Å². The summed E-state index contributed by atoms with van der Waals surface area (Å²) in [7, 11) is 1.52. The van der Waals surface area contributed by atoms with Crippen molar-refractivity contribution < 1.29 is 9.53 Å². The summed E-state index contributed by atoms with van der Waals surface area (Å²) in [5.41, 5.74) is 1.19. The number of benzene rings is 2. The van der Waals surface area contributed by atoms with Crippen LogP contribution in [0.1, 0.15) is 5.56 Å². The lowest BCUT2D eigenvalue weighted by Gasteiger charge is -2.09. The molecule has 0 fully saturated rings. The molecule has 0 radical (unpaired) electrons. The molecule has 0 atom stereocenters. The van der Waals surface area contributed by atoms with Crippen molar-refractivity contribution in [2.24, 2.45) is 0 Å². The third kappa shape index (κ3) is 4.41. The van der Waals surface area contributed by atoms with E-state index in [2.05, 4.69) is 5.32 Å². The van der Waals surface area contributed by atoms with E-state index >= 15 is 0 Å². The quantitative estimate of drug-likeness (QED) is 0.754. The number of ether oxygens (including phenoxy) is 1. The standard InChI is InChI=1S/C16H12Cl3NO2/c1-22-15-6-5-12(18)9-14(15)20-16(21)7-3-10-2-4-11(17)8-13(10)19/h2-9H,1H3,(H,20,21)/b7-3+. The first kappa shape index (κ1) is 16.7. The lowest BCUT2D eigenvalue weighted by Crippen LogP contribution is -2.08. The van der Waals surface area contributed by atoms with Crippen molar-refractivity contribution in [3.05, 3.63) is 63.1 Å². The fraction of sp³-hybridized carbons (Fsp3) is 0.0625. The summed E-state index contributed by atoms with van der Waals surface area (Å²) in [6, 6.07) is 10.0. The minimum atomic E-state index is -0.327. The summed E-state index contributed by atoms with van der Waals surface area (Å²) in [6.45, 7) is 0. The Kier molecular flexibility index (Phi) is 5.72. The first-order valence-corrected chi connectivity index (χ1v) is 7.40. The lowest BCUT2D eigenvalue weighted by atomic mass is 10.2. The SMILES string of the molecule is COc1ccc(Cl)cc1NC(=O)/C=C/c1ccc(Cl)cc1Cl. The van der Waals surface area contributed by atoms with Gasteiger partial charge in [-0.2, -0.15) is 0 Å². The minimum Gasteiger partial charge on any atom is -0.495 e. The zero-order chi connectivity index (χ0) is 16.1. The normalized spacial score (nSPS) is 10.7. The number of carbonyl (C=O) groups is 1. The Hall–Kier alpha value is -1.68. The van der Waals surface area contributed by atoms with Gasteiger partial charge in [-0.25, -0.2) is 0 Å². The Labute approximate surface area is 143 Å². The highest BCUT2D eigenvalue weighted by Crippen LogP contribution is 2.28. The van der Waals surface area contributed by atoms with E-state index in [4.69, 9.17) is 39.5 Å². The maximum atomic E-state index is 12.0. The number of rotatable bonds is 4. The van der Waals surface area contributed by atoms with Crippen LogP contribution in [0.2, 0.25) is 15.1 Å². The van der Waals surface area contributed by atoms with Crippen molar-refractivity contribution >= 4 is 52.5 Å². The van der Waals surface area contributed by atoms with E-state index in [0.29, 0.717) is 32.1 Å². The van der Waals surface area contributed by atoms with Crippen LogP contribution >= 0.6 is 34.8 Å². The van der Waals surface area contributed by atoms with Crippen LogP contribution in [-0.2, 0) is 4.79 Å². The van der Waals surface area contributed by atoms with E-state index in [1.54, 1.807) is 42.5 Å². The van der Waals surface area contributed by atoms with Crippen molar-refractivity contribution in [3.8, 4) is 5.75 Å². The summed E-state index contributed by atoms with van der Waals surface area (Å²) in [6.07, 6.45) is 2.97. The Balaban J connectivity index is 2.13. The molecule has 0 unspecified atom stereocenters. The third-order valence-corrected chi connectivity index (χ3v) is 3.59. The van der Waals surface area contributed by atoms with Crippen LogP contribution in [0.25, 0.3) is 6.08 Å². The molecule has 1 N–H and O–H groups in total. The molecule has 1 amide bonds. The molecule has 2 aromatic carbocycles. The second kappa shape index (κ2) is 7.54. The summed E-state index contributed by atoms with van der Waals surface area (Å²) >= 11 is 17.8. The molecule has 0 saturated heterocycles. The number of nitrogens with one attached hydrogen (secondary N) is 1. The molecule has 0 aliphatic carbocycles. The van der Waals surface area contributed by atoms with E-state index in [1.807, 2.05) is 0 Å². The summed E-state index contributed by atoms with van der Waals surface area (Å²) in [5.74, 6) is 0.197. The maximum absolute atomic E-state index is 12.0. The van der Waals surface area contributed by atoms with Gasteiger partial charge >= 0.3 is 0 Å². The van der Waals surface area contributed by atoms with Crippen LogP contribution in [-0.4, -0.2) is 13.0 Å². The van der Waals surface area contributed by atoms with Crippen LogP contribution in [0, 0.1) is 0 Å². The van der Waals surface area contributed by atoms with Gasteiger partial charge < -0.3 is 10.1 Å². The van der Waals surface area contributed by atoms with Crippen molar-refractivity contribution in [1.82, 2.24) is 0 Å². The molecule has 0 bridgehead atoms. The van der Waals surface area contributed by atoms with Gasteiger partial charge in [-0.3, -0.25) is 4.79 Å². The number of methoxy groups -OCH3 is 1. The predicted molar refractivity (Wildman–Crippen MR) is 92.1 cm³/mol. The number of carbonyl (C=O) groups excluding carboxylic acids is 1. The lowest BCUT2D eigenvalue weighted by molar-refractivity contribution is -0.111. The van der Waals surface area contributed by atoms with E-state index in [9.17, 15) is 4.79 Å². The van der Waals surface area contributed by atoms with Gasteiger partial charge in [0, 0.05) is 21.1 Å². The number of hydrogen-bond donors (Lipinski definition) is 1. The fourth-order valence-electron chi connectivity index (χ4n) is 1.75. The molecule has 114 valence electrons. The van der Waals surface area contributed by atoms with Gasteiger partial charge in [0.15, 0.2) is 0 Å². The molecule has 0 saturated carbocycles. The number of hydrogen-bond acceptors (Lipinski definition) is 2. The van der Waals surface area contributed by atoms with Crippen LogP contribution in [0.4, 0.5) is 5.69 Å². The Morgan fingerprint density at radius 1 is 1.09 bits per heavy atom. The molecule has 0 aliphatic rings. The monoisotopic (exact) mass is 355 g/mol. The van der Waals surface area contributed by atoms with Gasteiger partial charge in [0.1, 0.15) is 5.75 Å². The van der Waals surface area contributed by atoms with Crippen molar-refractivity contribution in [2.45, 2.75) is 0 Å². The summed E-state index contributed by atoms with van der Waals surface area (Å²) in [5, 5.41) is 4.21. The van der Waals surface area contributed by atoms with E-state index in [1.165, 1.54) is 13.2 Å². The Bertz CT molecular complexity index is 729. The number of amides is 1. The topological polar surface area (TPSA) is 38.3 Å². The first-order valence-electron chi connectivity index (χ1n) is 6.27. The van der Waals surface area contributed by atoms with Gasteiger partial charge in [-0.1, -0.05) is 40.9 Å². The largest absolute Gasteiger partial charge is 0.495 e. The van der Waals surface area contributed by atoms with E-state index in [0.717, 1.165) is 0 Å². The van der Waals surface area contributed by atoms with Crippen LogP contribution in [0.5, 0.6) is 5.75 Å². The minimum absolute atomic E-state index is 0.327. The van der Waals surface area contributed by atoms with Gasteiger partial charge in [-0.15, -0.1) is 0 Å². The molecule has 2 aromatic rings. The second-order valence-corrected chi connectivity index (χ2v) is 5.61. The van der Waals surface area contributed by atoms with Gasteiger partial charge in [0.05, 0.1) is 12.8 Å². The van der Waals surface area contributed by atoms with E-state index < -0.39 is 0 Å². The third-order valence-electron chi connectivity index (χ3n) is 2.80. The Morgan fingerprint density at radius 3 is 2.45 bits per heavy atom. The number of halogens is 3. The highest BCUT2D eigenvalue weighted by molar-refractivity contribution is 6.35. The predicted octanol–water partition coefficient (Wildman–Crippen LogP) is 5.31. The molecule has 0 spiro atoms. The molecular weight excluding hydrogens is 345 g/mol. The molecular formula is C16H12Cl3NO2. The van der Waals surface area contributed by atoms with Gasteiger partial charge in [0.2, 0.25) is 5.91 Å². The maximum Gasteiger partial charge on any atom is 0.248 e. The Morgan fingerprint density at radius 2 is 1.77 bits per heavy atom. The van der Waals surface area contributed by atoms with Gasteiger partial charge in [0.25, 0.3) is 0 Å². The highest BCUT2D eigenvalue weighted by Gasteiger charge is 2.06. The number of anilines is 1. The average molecular weight is 357 g/mol.